The van der Waals surface area contributed by atoms with Crippen LogP contribution in [0.2, 0.25) is 0 Å². The third kappa shape index (κ3) is 2.89. The number of hydrogen-bond acceptors (Lipinski definition) is 5. The van der Waals surface area contributed by atoms with E-state index in [1.165, 1.54) is 23.5 Å². The number of hydrogen-bond donors (Lipinski definition) is 2. The molecular weight excluding hydrogens is 254 g/mol. The number of aromatic carboxylic acids is 1. The summed E-state index contributed by atoms with van der Waals surface area (Å²) >= 11 is 1.44. The van der Waals surface area contributed by atoms with E-state index < -0.39 is 5.97 Å². The molecule has 0 radical (unpaired) electrons. The molecule has 2 heterocycles. The molecule has 0 spiro atoms. The van der Waals surface area contributed by atoms with Crippen LogP contribution in [-0.4, -0.2) is 27.0 Å². The third-order valence-corrected chi connectivity index (χ3v) is 2.93. The van der Waals surface area contributed by atoms with Crippen molar-refractivity contribution in [3.63, 3.8) is 0 Å². The summed E-state index contributed by atoms with van der Waals surface area (Å²) in [6.07, 6.45) is 2.83. The minimum absolute atomic E-state index is 0.0500. The smallest absolute Gasteiger partial charge is 0.337 e. The quantitative estimate of drug-likeness (QED) is 0.863. The van der Waals surface area contributed by atoms with Gasteiger partial charge in [0.05, 0.1) is 17.6 Å². The van der Waals surface area contributed by atoms with Gasteiger partial charge in [-0.05, 0) is 12.1 Å². The number of carboxylic acids is 1. The largest absolute Gasteiger partial charge is 0.478 e. The molecule has 0 fully saturated rings. The fourth-order valence-corrected chi connectivity index (χ4v) is 1.78. The molecule has 0 aliphatic rings. The average Bonchev–Trinajstić information content (AvgIpc) is 2.89. The summed E-state index contributed by atoms with van der Waals surface area (Å²) in [7, 11) is 0. The van der Waals surface area contributed by atoms with Crippen LogP contribution in [0.4, 0.5) is 0 Å². The standard InChI is InChI=1S/C11H9N3O3S/c15-10(14-5-8-4-12-6-18-8)9-2-1-7(3-13-9)11(16)17/h1-4,6H,5H2,(H,14,15)(H,16,17). The van der Waals surface area contributed by atoms with Crippen molar-refractivity contribution < 1.29 is 14.7 Å². The van der Waals surface area contributed by atoms with Crippen LogP contribution in [0.5, 0.6) is 0 Å². The second-order valence-corrected chi connectivity index (χ2v) is 4.36. The Bertz CT molecular complexity index is 551. The molecule has 2 rings (SSSR count). The highest BCUT2D eigenvalue weighted by Gasteiger charge is 2.09. The molecule has 0 unspecified atom stereocenters. The van der Waals surface area contributed by atoms with Crippen LogP contribution in [0.3, 0.4) is 0 Å². The van der Waals surface area contributed by atoms with Crippen molar-refractivity contribution in [2.45, 2.75) is 6.54 Å². The Morgan fingerprint density at radius 1 is 1.33 bits per heavy atom. The number of nitrogens with one attached hydrogen (secondary N) is 1. The third-order valence-electron chi connectivity index (χ3n) is 2.15. The van der Waals surface area contributed by atoms with Crippen LogP contribution in [-0.2, 0) is 6.54 Å². The monoisotopic (exact) mass is 263 g/mol. The van der Waals surface area contributed by atoms with Gasteiger partial charge in [0.2, 0.25) is 0 Å². The Morgan fingerprint density at radius 3 is 2.72 bits per heavy atom. The van der Waals surface area contributed by atoms with Gasteiger partial charge in [0.1, 0.15) is 5.69 Å². The highest BCUT2D eigenvalue weighted by atomic mass is 32.1. The van der Waals surface area contributed by atoms with Gasteiger partial charge >= 0.3 is 5.97 Å². The summed E-state index contributed by atoms with van der Waals surface area (Å²) in [6, 6.07) is 2.72. The molecule has 1 amide bonds. The maximum atomic E-state index is 11.7. The Morgan fingerprint density at radius 2 is 2.17 bits per heavy atom. The van der Waals surface area contributed by atoms with E-state index >= 15 is 0 Å². The molecule has 7 heteroatoms. The number of rotatable bonds is 4. The molecule has 0 aromatic carbocycles. The predicted molar refractivity (Wildman–Crippen MR) is 64.5 cm³/mol. The van der Waals surface area contributed by atoms with E-state index in [0.717, 1.165) is 11.1 Å². The van der Waals surface area contributed by atoms with Crippen molar-refractivity contribution in [1.29, 1.82) is 0 Å². The van der Waals surface area contributed by atoms with Gasteiger partial charge in [-0.1, -0.05) is 0 Å². The van der Waals surface area contributed by atoms with Crippen molar-refractivity contribution >= 4 is 23.2 Å². The van der Waals surface area contributed by atoms with Crippen LogP contribution >= 0.6 is 11.3 Å². The van der Waals surface area contributed by atoms with Crippen molar-refractivity contribution in [3.05, 3.63) is 46.2 Å². The van der Waals surface area contributed by atoms with E-state index in [1.807, 2.05) is 0 Å². The van der Waals surface area contributed by atoms with Crippen molar-refractivity contribution in [2.24, 2.45) is 0 Å². The summed E-state index contributed by atoms with van der Waals surface area (Å²) in [4.78, 5) is 30.9. The lowest BCUT2D eigenvalue weighted by Gasteiger charge is -2.02. The Balaban J connectivity index is 1.98. The first kappa shape index (κ1) is 12.2. The number of thiazole rings is 1. The summed E-state index contributed by atoms with van der Waals surface area (Å²) in [5, 5.41) is 11.4. The Hall–Kier alpha value is -2.28. The molecule has 0 atom stereocenters. The van der Waals surface area contributed by atoms with Crippen LogP contribution in [0.15, 0.2) is 30.0 Å². The molecule has 92 valence electrons. The van der Waals surface area contributed by atoms with E-state index in [4.69, 9.17) is 5.11 Å². The van der Waals surface area contributed by atoms with Gasteiger partial charge in [0, 0.05) is 17.3 Å². The van der Waals surface area contributed by atoms with Gasteiger partial charge in [-0.3, -0.25) is 14.8 Å². The molecule has 0 saturated heterocycles. The zero-order valence-corrected chi connectivity index (χ0v) is 9.98. The first-order valence-corrected chi connectivity index (χ1v) is 5.89. The van der Waals surface area contributed by atoms with Crippen molar-refractivity contribution in [2.75, 3.05) is 0 Å². The fourth-order valence-electron chi connectivity index (χ4n) is 1.24. The van der Waals surface area contributed by atoms with Crippen molar-refractivity contribution in [1.82, 2.24) is 15.3 Å². The van der Waals surface area contributed by atoms with Crippen molar-refractivity contribution in [3.8, 4) is 0 Å². The number of carbonyl (C=O) groups is 2. The summed E-state index contributed by atoms with van der Waals surface area (Å²) in [5.41, 5.74) is 1.92. The van der Waals surface area contributed by atoms with Crippen LogP contribution < -0.4 is 5.32 Å². The highest BCUT2D eigenvalue weighted by molar-refractivity contribution is 7.09. The van der Waals surface area contributed by atoms with Gasteiger partial charge in [0.25, 0.3) is 5.91 Å². The summed E-state index contributed by atoms with van der Waals surface area (Å²) < 4.78 is 0. The molecule has 0 aliphatic carbocycles. The Kier molecular flexibility index (Phi) is 3.63. The molecule has 2 N–H and O–H groups in total. The highest BCUT2D eigenvalue weighted by Crippen LogP contribution is 2.05. The van der Waals surface area contributed by atoms with Crippen LogP contribution in [0.25, 0.3) is 0 Å². The summed E-state index contributed by atoms with van der Waals surface area (Å²) in [6.45, 7) is 0.381. The number of carboxylic acid groups (broad SMARTS) is 1. The SMILES string of the molecule is O=C(O)c1ccc(C(=O)NCc2cncs2)nc1. The van der Waals surface area contributed by atoms with Gasteiger partial charge in [-0.15, -0.1) is 11.3 Å². The molecular formula is C11H9N3O3S. The maximum Gasteiger partial charge on any atom is 0.337 e. The molecule has 2 aromatic heterocycles. The zero-order valence-electron chi connectivity index (χ0n) is 9.16. The molecule has 18 heavy (non-hydrogen) atoms. The van der Waals surface area contributed by atoms with Gasteiger partial charge in [0.15, 0.2) is 0 Å². The summed E-state index contributed by atoms with van der Waals surface area (Å²) in [5.74, 6) is -1.42. The first-order chi connectivity index (χ1) is 8.66. The minimum atomic E-state index is -1.07. The number of pyridine rings is 1. The van der Waals surface area contributed by atoms with Gasteiger partial charge in [-0.25, -0.2) is 4.79 Å². The van der Waals surface area contributed by atoms with Gasteiger partial charge < -0.3 is 10.4 Å². The fraction of sp³-hybridized carbons (Fsp3) is 0.0909. The topological polar surface area (TPSA) is 92.2 Å². The second-order valence-electron chi connectivity index (χ2n) is 3.39. The number of nitrogens with zero attached hydrogens (tertiary/aromatic N) is 2. The number of carbonyl (C=O) groups excluding carboxylic acids is 1. The maximum absolute atomic E-state index is 11.7. The second kappa shape index (κ2) is 5.37. The first-order valence-electron chi connectivity index (χ1n) is 5.02. The Labute approximate surface area is 106 Å². The van der Waals surface area contributed by atoms with Gasteiger partial charge in [-0.2, -0.15) is 0 Å². The molecule has 0 bridgehead atoms. The lowest BCUT2D eigenvalue weighted by molar-refractivity contribution is 0.0695. The van der Waals surface area contributed by atoms with E-state index in [-0.39, 0.29) is 17.2 Å². The average molecular weight is 263 g/mol. The molecule has 0 aliphatic heterocycles. The van der Waals surface area contributed by atoms with E-state index in [0.29, 0.717) is 6.54 Å². The number of amides is 1. The van der Waals surface area contributed by atoms with Crippen LogP contribution in [0, 0.1) is 0 Å². The lowest BCUT2D eigenvalue weighted by Crippen LogP contribution is -2.23. The normalized spacial score (nSPS) is 10.0. The molecule has 2 aromatic rings. The van der Waals surface area contributed by atoms with Crippen LogP contribution in [0.1, 0.15) is 25.7 Å². The van der Waals surface area contributed by atoms with E-state index in [2.05, 4.69) is 15.3 Å². The minimum Gasteiger partial charge on any atom is -0.478 e. The number of aromatic nitrogens is 2. The predicted octanol–water partition coefficient (Wildman–Crippen LogP) is 1.17. The molecule has 0 saturated carbocycles. The van der Waals surface area contributed by atoms with E-state index in [9.17, 15) is 9.59 Å². The zero-order chi connectivity index (χ0) is 13.0. The molecule has 6 nitrogen and oxygen atoms in total. The van der Waals surface area contributed by atoms with E-state index in [1.54, 1.807) is 11.7 Å². The lowest BCUT2D eigenvalue weighted by atomic mass is 10.2.